The van der Waals surface area contributed by atoms with Gasteiger partial charge in [0.05, 0.1) is 0 Å². The number of carbonyl (C=O) groups is 1. The van der Waals surface area contributed by atoms with Gasteiger partial charge in [0.25, 0.3) is 0 Å². The third kappa shape index (κ3) is 4.30. The summed E-state index contributed by atoms with van der Waals surface area (Å²) in [6.45, 7) is 8.58. The van der Waals surface area contributed by atoms with E-state index in [2.05, 4.69) is 25.7 Å². The molecule has 0 radical (unpaired) electrons. The van der Waals surface area contributed by atoms with E-state index in [1.165, 1.54) is 0 Å². The van der Waals surface area contributed by atoms with E-state index in [0.29, 0.717) is 0 Å². The Bertz CT molecular complexity index is 232. The normalized spacial score (nSPS) is 20.7. The van der Waals surface area contributed by atoms with Gasteiger partial charge >= 0.3 is 5.97 Å². The summed E-state index contributed by atoms with van der Waals surface area (Å²) < 4.78 is 0. The van der Waals surface area contributed by atoms with Crippen molar-refractivity contribution in [2.75, 3.05) is 13.1 Å². The number of likely N-dealkylation sites (tertiary alicyclic amines) is 1. The largest absolute Gasteiger partial charge is 0.480 e. The molecule has 1 unspecified atom stereocenters. The van der Waals surface area contributed by atoms with Crippen molar-refractivity contribution in [3.05, 3.63) is 0 Å². The lowest BCUT2D eigenvalue weighted by atomic mass is 9.86. The third-order valence-corrected chi connectivity index (χ3v) is 4.07. The Hall–Kier alpha value is -0.570. The van der Waals surface area contributed by atoms with Crippen molar-refractivity contribution in [1.29, 1.82) is 0 Å². The molecule has 1 heterocycles. The van der Waals surface area contributed by atoms with E-state index in [9.17, 15) is 9.90 Å². The van der Waals surface area contributed by atoms with Crippen molar-refractivity contribution in [3.63, 3.8) is 0 Å². The van der Waals surface area contributed by atoms with Crippen LogP contribution in [0.25, 0.3) is 0 Å². The Morgan fingerprint density at radius 1 is 1.35 bits per heavy atom. The smallest absolute Gasteiger partial charge is 0.320 e. The summed E-state index contributed by atoms with van der Waals surface area (Å²) in [4.78, 5) is 13.5. The van der Waals surface area contributed by atoms with Crippen molar-refractivity contribution >= 4 is 5.97 Å². The Kier molecular flexibility index (Phi) is 5.96. The molecule has 0 aromatic rings. The summed E-state index contributed by atoms with van der Waals surface area (Å²) >= 11 is 0. The molecule has 3 nitrogen and oxygen atoms in total. The van der Waals surface area contributed by atoms with Crippen LogP contribution in [0.3, 0.4) is 0 Å². The number of hydrogen-bond donors (Lipinski definition) is 1. The van der Waals surface area contributed by atoms with Crippen LogP contribution in [0.4, 0.5) is 0 Å². The van der Waals surface area contributed by atoms with E-state index in [0.717, 1.165) is 57.0 Å². The van der Waals surface area contributed by atoms with Gasteiger partial charge in [-0.05, 0) is 44.2 Å². The Morgan fingerprint density at radius 3 is 2.35 bits per heavy atom. The highest BCUT2D eigenvalue weighted by molar-refractivity contribution is 5.73. The minimum absolute atomic E-state index is 0.247. The minimum atomic E-state index is -0.638. The van der Waals surface area contributed by atoms with Crippen molar-refractivity contribution < 1.29 is 9.90 Å². The van der Waals surface area contributed by atoms with E-state index >= 15 is 0 Å². The second kappa shape index (κ2) is 7.00. The number of carboxylic acids is 1. The molecule has 0 bridgehead atoms. The van der Waals surface area contributed by atoms with Gasteiger partial charge in [0, 0.05) is 0 Å². The van der Waals surface area contributed by atoms with Crippen molar-refractivity contribution in [1.82, 2.24) is 4.90 Å². The first-order valence-corrected chi connectivity index (χ1v) is 7.03. The zero-order valence-corrected chi connectivity index (χ0v) is 11.5. The molecular weight excluding hydrogens is 214 g/mol. The number of hydrogen-bond acceptors (Lipinski definition) is 2. The molecule has 3 heteroatoms. The maximum absolute atomic E-state index is 11.3. The van der Waals surface area contributed by atoms with Crippen LogP contribution in [0, 0.1) is 11.8 Å². The first kappa shape index (κ1) is 14.5. The summed E-state index contributed by atoms with van der Waals surface area (Å²) in [6, 6.07) is -0.247. The highest BCUT2D eigenvalue weighted by Crippen LogP contribution is 2.26. The molecule has 0 spiro atoms. The van der Waals surface area contributed by atoms with Crippen LogP contribution < -0.4 is 0 Å². The van der Waals surface area contributed by atoms with Crippen LogP contribution >= 0.6 is 0 Å². The standard InChI is InChI=1S/C14H27NO2/c1-4-5-6-13(14(16)17)15-9-7-12(8-10-15)11(2)3/h11-13H,4-10H2,1-3H3,(H,16,17). The van der Waals surface area contributed by atoms with Crippen LogP contribution in [-0.2, 0) is 4.79 Å². The number of piperidine rings is 1. The van der Waals surface area contributed by atoms with Gasteiger partial charge in [-0.15, -0.1) is 0 Å². The van der Waals surface area contributed by atoms with Crippen LogP contribution in [0.1, 0.15) is 52.9 Å². The van der Waals surface area contributed by atoms with Crippen molar-refractivity contribution in [3.8, 4) is 0 Å². The fraction of sp³-hybridized carbons (Fsp3) is 0.929. The Labute approximate surface area is 105 Å². The fourth-order valence-electron chi connectivity index (χ4n) is 2.76. The second-order valence-corrected chi connectivity index (χ2v) is 5.61. The monoisotopic (exact) mass is 241 g/mol. The summed E-state index contributed by atoms with van der Waals surface area (Å²) in [5.41, 5.74) is 0. The SMILES string of the molecule is CCCCC(C(=O)O)N1CCC(C(C)C)CC1. The zero-order valence-electron chi connectivity index (χ0n) is 11.5. The van der Waals surface area contributed by atoms with Gasteiger partial charge in [-0.1, -0.05) is 33.6 Å². The van der Waals surface area contributed by atoms with E-state index in [1.807, 2.05) is 0 Å². The topological polar surface area (TPSA) is 40.5 Å². The maximum atomic E-state index is 11.3. The predicted molar refractivity (Wildman–Crippen MR) is 70.1 cm³/mol. The van der Waals surface area contributed by atoms with Crippen molar-refractivity contribution in [2.24, 2.45) is 11.8 Å². The molecule has 17 heavy (non-hydrogen) atoms. The average molecular weight is 241 g/mol. The fourth-order valence-corrected chi connectivity index (χ4v) is 2.76. The van der Waals surface area contributed by atoms with Gasteiger partial charge in [0.2, 0.25) is 0 Å². The molecule has 1 N–H and O–H groups in total. The van der Waals surface area contributed by atoms with Gasteiger partial charge < -0.3 is 5.11 Å². The summed E-state index contributed by atoms with van der Waals surface area (Å²) in [5, 5.41) is 9.29. The lowest BCUT2D eigenvalue weighted by Gasteiger charge is -2.37. The molecule has 100 valence electrons. The van der Waals surface area contributed by atoms with Gasteiger partial charge in [0.15, 0.2) is 0 Å². The lowest BCUT2D eigenvalue weighted by Crippen LogP contribution is -2.46. The van der Waals surface area contributed by atoms with Gasteiger partial charge in [0.1, 0.15) is 6.04 Å². The third-order valence-electron chi connectivity index (χ3n) is 4.07. The predicted octanol–water partition coefficient (Wildman–Crippen LogP) is 3.00. The summed E-state index contributed by atoms with van der Waals surface area (Å²) in [5.74, 6) is 0.879. The quantitative estimate of drug-likeness (QED) is 0.777. The molecular formula is C14H27NO2. The molecule has 1 atom stereocenters. The molecule has 1 aliphatic rings. The number of carboxylic acid groups (broad SMARTS) is 1. The Morgan fingerprint density at radius 2 is 1.94 bits per heavy atom. The van der Waals surface area contributed by atoms with Crippen LogP contribution in [-0.4, -0.2) is 35.1 Å². The summed E-state index contributed by atoms with van der Waals surface area (Å²) in [6.07, 6.45) is 5.21. The van der Waals surface area contributed by atoms with E-state index in [1.54, 1.807) is 0 Å². The molecule has 0 saturated carbocycles. The van der Waals surface area contributed by atoms with E-state index in [-0.39, 0.29) is 6.04 Å². The highest BCUT2D eigenvalue weighted by atomic mass is 16.4. The van der Waals surface area contributed by atoms with Crippen LogP contribution in [0.2, 0.25) is 0 Å². The Balaban J connectivity index is 2.46. The van der Waals surface area contributed by atoms with E-state index in [4.69, 9.17) is 0 Å². The lowest BCUT2D eigenvalue weighted by molar-refractivity contribution is -0.144. The van der Waals surface area contributed by atoms with Gasteiger partial charge in [-0.2, -0.15) is 0 Å². The molecule has 1 fully saturated rings. The second-order valence-electron chi connectivity index (χ2n) is 5.61. The van der Waals surface area contributed by atoms with Gasteiger partial charge in [-0.25, -0.2) is 0 Å². The molecule has 0 aliphatic carbocycles. The molecule has 0 aromatic carbocycles. The van der Waals surface area contributed by atoms with Gasteiger partial charge in [-0.3, -0.25) is 9.69 Å². The average Bonchev–Trinajstić information content (AvgIpc) is 2.29. The number of unbranched alkanes of at least 4 members (excludes halogenated alkanes) is 1. The number of nitrogens with zero attached hydrogens (tertiary/aromatic N) is 1. The first-order valence-electron chi connectivity index (χ1n) is 7.03. The maximum Gasteiger partial charge on any atom is 0.320 e. The highest BCUT2D eigenvalue weighted by Gasteiger charge is 2.29. The number of aliphatic carboxylic acids is 1. The summed E-state index contributed by atoms with van der Waals surface area (Å²) in [7, 11) is 0. The molecule has 0 amide bonds. The molecule has 0 aromatic heterocycles. The van der Waals surface area contributed by atoms with Crippen LogP contribution in [0.5, 0.6) is 0 Å². The molecule has 1 rings (SSSR count). The molecule has 1 aliphatic heterocycles. The molecule has 1 saturated heterocycles. The first-order chi connectivity index (χ1) is 8.06. The van der Waals surface area contributed by atoms with E-state index < -0.39 is 5.97 Å². The minimum Gasteiger partial charge on any atom is -0.480 e. The zero-order chi connectivity index (χ0) is 12.8. The van der Waals surface area contributed by atoms with Crippen LogP contribution in [0.15, 0.2) is 0 Å². The number of rotatable bonds is 6. The van der Waals surface area contributed by atoms with Crippen molar-refractivity contribution in [2.45, 2.75) is 58.9 Å².